The highest BCUT2D eigenvalue weighted by Gasteiger charge is 2.33. The van der Waals surface area contributed by atoms with Crippen molar-refractivity contribution >= 4 is 5.91 Å². The molecule has 1 amide bonds. The van der Waals surface area contributed by atoms with E-state index in [2.05, 4.69) is 10.6 Å². The van der Waals surface area contributed by atoms with Crippen molar-refractivity contribution in [2.24, 2.45) is 5.92 Å². The van der Waals surface area contributed by atoms with E-state index >= 15 is 0 Å². The van der Waals surface area contributed by atoms with Crippen LogP contribution in [-0.2, 0) is 4.79 Å². The molecule has 5 nitrogen and oxygen atoms in total. The van der Waals surface area contributed by atoms with E-state index in [1.165, 1.54) is 32.1 Å². The third-order valence-electron chi connectivity index (χ3n) is 5.38. The van der Waals surface area contributed by atoms with Gasteiger partial charge in [-0.3, -0.25) is 4.79 Å². The number of carbonyl (C=O) groups is 1. The first-order chi connectivity index (χ1) is 12.1. The minimum absolute atomic E-state index is 0.109. The molecule has 25 heavy (non-hydrogen) atoms. The van der Waals surface area contributed by atoms with E-state index < -0.39 is 5.60 Å². The second-order valence-corrected chi connectivity index (χ2v) is 7.61. The Morgan fingerprint density at radius 2 is 2.00 bits per heavy atom. The fraction of sp³-hybridized carbons (Fsp3) is 0.650. The number of hydrogen-bond donors (Lipinski definition) is 3. The molecular weight excluding hydrogens is 316 g/mol. The number of nitrogens with one attached hydrogen (secondary N) is 2. The zero-order valence-corrected chi connectivity index (χ0v) is 15.1. The monoisotopic (exact) mass is 346 g/mol. The lowest BCUT2D eigenvalue weighted by Crippen LogP contribution is -2.52. The van der Waals surface area contributed by atoms with E-state index in [-0.39, 0.29) is 18.5 Å². The first-order valence-electron chi connectivity index (χ1n) is 9.52. The maximum Gasteiger partial charge on any atom is 0.253 e. The molecule has 2 atom stereocenters. The SMILES string of the molecule is CC(O)(CNCC1CCCCC1)C(=O)NC1CCOc2ccccc21. The number of benzene rings is 1. The zero-order chi connectivity index (χ0) is 17.7. The van der Waals surface area contributed by atoms with Gasteiger partial charge >= 0.3 is 0 Å². The summed E-state index contributed by atoms with van der Waals surface area (Å²) >= 11 is 0. The van der Waals surface area contributed by atoms with Gasteiger partial charge in [0.2, 0.25) is 0 Å². The van der Waals surface area contributed by atoms with Gasteiger partial charge in [-0.05, 0) is 38.3 Å². The molecule has 1 heterocycles. The standard InChI is InChI=1S/C20H30N2O3/c1-20(24,14-21-13-15-7-3-2-4-8-15)19(23)22-17-11-12-25-18-10-6-5-9-16(17)18/h5-6,9-10,15,17,21,24H,2-4,7-8,11-14H2,1H3,(H,22,23). The molecule has 3 N–H and O–H groups in total. The Bertz CT molecular complexity index is 582. The van der Waals surface area contributed by atoms with Gasteiger partial charge in [0.05, 0.1) is 12.6 Å². The maximum atomic E-state index is 12.6. The summed E-state index contributed by atoms with van der Waals surface area (Å²) in [5, 5.41) is 16.9. The molecule has 1 fully saturated rings. The first kappa shape index (κ1) is 18.2. The van der Waals surface area contributed by atoms with E-state index in [1.54, 1.807) is 6.92 Å². The topological polar surface area (TPSA) is 70.6 Å². The van der Waals surface area contributed by atoms with Crippen LogP contribution in [0.2, 0.25) is 0 Å². The Labute approximate surface area is 150 Å². The normalized spacial score (nSPS) is 23.2. The molecule has 2 aliphatic rings. The van der Waals surface area contributed by atoms with Crippen LogP contribution in [0.15, 0.2) is 24.3 Å². The lowest BCUT2D eigenvalue weighted by atomic mass is 9.89. The van der Waals surface area contributed by atoms with Gasteiger partial charge in [0, 0.05) is 18.5 Å². The molecule has 0 radical (unpaired) electrons. The van der Waals surface area contributed by atoms with Crippen LogP contribution >= 0.6 is 0 Å². The van der Waals surface area contributed by atoms with Gasteiger partial charge in [0.1, 0.15) is 5.75 Å². The molecule has 2 unspecified atom stereocenters. The molecule has 5 heteroatoms. The molecule has 0 aromatic heterocycles. The number of aliphatic hydroxyl groups is 1. The largest absolute Gasteiger partial charge is 0.493 e. The number of amides is 1. The van der Waals surface area contributed by atoms with Crippen molar-refractivity contribution < 1.29 is 14.6 Å². The Morgan fingerprint density at radius 1 is 1.24 bits per heavy atom. The molecule has 0 saturated heterocycles. The van der Waals surface area contributed by atoms with Crippen molar-refractivity contribution in [3.8, 4) is 5.75 Å². The van der Waals surface area contributed by atoms with E-state index in [9.17, 15) is 9.90 Å². The van der Waals surface area contributed by atoms with Crippen LogP contribution in [0.1, 0.15) is 57.1 Å². The molecule has 0 bridgehead atoms. The van der Waals surface area contributed by atoms with Crippen LogP contribution in [0.4, 0.5) is 0 Å². The zero-order valence-electron chi connectivity index (χ0n) is 15.1. The molecule has 0 spiro atoms. The van der Waals surface area contributed by atoms with E-state index in [4.69, 9.17) is 4.74 Å². The number of rotatable bonds is 6. The lowest BCUT2D eigenvalue weighted by molar-refractivity contribution is -0.138. The molecular formula is C20H30N2O3. The summed E-state index contributed by atoms with van der Waals surface area (Å²) < 4.78 is 5.63. The third-order valence-corrected chi connectivity index (χ3v) is 5.38. The second-order valence-electron chi connectivity index (χ2n) is 7.61. The summed E-state index contributed by atoms with van der Waals surface area (Å²) in [4.78, 5) is 12.6. The second kappa shape index (κ2) is 8.19. The van der Waals surface area contributed by atoms with Crippen molar-refractivity contribution in [2.75, 3.05) is 19.7 Å². The fourth-order valence-corrected chi connectivity index (χ4v) is 3.80. The molecule has 1 aromatic rings. The average molecular weight is 346 g/mol. The molecule has 1 aliphatic heterocycles. The summed E-state index contributed by atoms with van der Waals surface area (Å²) in [6, 6.07) is 7.64. The van der Waals surface area contributed by atoms with Gasteiger partial charge in [-0.15, -0.1) is 0 Å². The average Bonchev–Trinajstić information content (AvgIpc) is 2.63. The molecule has 1 saturated carbocycles. The Balaban J connectivity index is 1.51. The van der Waals surface area contributed by atoms with Crippen molar-refractivity contribution in [2.45, 2.75) is 57.1 Å². The molecule has 1 aliphatic carbocycles. The van der Waals surface area contributed by atoms with Gasteiger partial charge in [0.25, 0.3) is 5.91 Å². The maximum absolute atomic E-state index is 12.6. The van der Waals surface area contributed by atoms with E-state index in [1.807, 2.05) is 24.3 Å². The van der Waals surface area contributed by atoms with Crippen molar-refractivity contribution in [3.05, 3.63) is 29.8 Å². The minimum atomic E-state index is -1.41. The minimum Gasteiger partial charge on any atom is -0.493 e. The van der Waals surface area contributed by atoms with Gasteiger partial charge in [0.15, 0.2) is 5.60 Å². The van der Waals surface area contributed by atoms with Crippen LogP contribution in [0.5, 0.6) is 5.75 Å². The summed E-state index contributed by atoms with van der Waals surface area (Å²) in [5.41, 5.74) is -0.435. The van der Waals surface area contributed by atoms with Crippen LogP contribution in [0.25, 0.3) is 0 Å². The van der Waals surface area contributed by atoms with E-state index in [0.717, 1.165) is 17.9 Å². The Hall–Kier alpha value is -1.59. The first-order valence-corrected chi connectivity index (χ1v) is 9.52. The molecule has 138 valence electrons. The van der Waals surface area contributed by atoms with Crippen LogP contribution < -0.4 is 15.4 Å². The quantitative estimate of drug-likeness (QED) is 0.740. The predicted octanol–water partition coefficient (Wildman–Crippen LogP) is 2.55. The number of fused-ring (bicyclic) bond motifs is 1. The fourth-order valence-electron chi connectivity index (χ4n) is 3.80. The third kappa shape index (κ3) is 4.73. The number of para-hydroxylation sites is 1. The van der Waals surface area contributed by atoms with Gasteiger partial charge in [-0.25, -0.2) is 0 Å². The van der Waals surface area contributed by atoms with Gasteiger partial charge in [-0.2, -0.15) is 0 Å². The number of ether oxygens (including phenoxy) is 1. The van der Waals surface area contributed by atoms with Gasteiger partial charge < -0.3 is 20.5 Å². The van der Waals surface area contributed by atoms with Gasteiger partial charge in [-0.1, -0.05) is 37.5 Å². The van der Waals surface area contributed by atoms with Crippen molar-refractivity contribution in [1.82, 2.24) is 10.6 Å². The predicted molar refractivity (Wildman–Crippen MR) is 97.5 cm³/mol. The Morgan fingerprint density at radius 3 is 2.80 bits per heavy atom. The smallest absolute Gasteiger partial charge is 0.253 e. The summed E-state index contributed by atoms with van der Waals surface area (Å²) in [6.45, 7) is 3.31. The lowest BCUT2D eigenvalue weighted by Gasteiger charge is -2.31. The van der Waals surface area contributed by atoms with E-state index in [0.29, 0.717) is 18.9 Å². The summed E-state index contributed by atoms with van der Waals surface area (Å²) in [7, 11) is 0. The highest BCUT2D eigenvalue weighted by atomic mass is 16.5. The Kier molecular flexibility index (Phi) is 5.97. The number of hydrogen-bond acceptors (Lipinski definition) is 4. The summed E-state index contributed by atoms with van der Waals surface area (Å²) in [6.07, 6.45) is 7.15. The number of carbonyl (C=O) groups excluding carboxylic acids is 1. The highest BCUT2D eigenvalue weighted by molar-refractivity contribution is 5.85. The molecule has 3 rings (SSSR count). The van der Waals surface area contributed by atoms with Crippen molar-refractivity contribution in [1.29, 1.82) is 0 Å². The van der Waals surface area contributed by atoms with Crippen molar-refractivity contribution in [3.63, 3.8) is 0 Å². The summed E-state index contributed by atoms with van der Waals surface area (Å²) in [5.74, 6) is 1.16. The highest BCUT2D eigenvalue weighted by Crippen LogP contribution is 2.31. The van der Waals surface area contributed by atoms with Crippen LogP contribution in [0, 0.1) is 5.92 Å². The van der Waals surface area contributed by atoms with Crippen LogP contribution in [-0.4, -0.2) is 36.3 Å². The van der Waals surface area contributed by atoms with Crippen LogP contribution in [0.3, 0.4) is 0 Å². The molecule has 1 aromatic carbocycles.